The van der Waals surface area contributed by atoms with E-state index in [9.17, 15) is 46.8 Å². The lowest BCUT2D eigenvalue weighted by molar-refractivity contribution is -0.158. The van der Waals surface area contributed by atoms with Crippen molar-refractivity contribution in [3.8, 4) is 0 Å². The Balaban J connectivity index is 0.000000230. The minimum Gasteiger partial charge on any atom is -0.481 e. The molecule has 2 aliphatic heterocycles. The number of nitrogens with one attached hydrogen (secondary N) is 3. The maximum absolute atomic E-state index is 12.9. The van der Waals surface area contributed by atoms with Gasteiger partial charge in [-0.25, -0.2) is 19.9 Å². The summed E-state index contributed by atoms with van der Waals surface area (Å²) in [6.07, 6.45) is 4.63. The van der Waals surface area contributed by atoms with Crippen LogP contribution in [0.5, 0.6) is 0 Å². The molecule has 1 saturated carbocycles. The minimum atomic E-state index is -4.31. The first-order chi connectivity index (χ1) is 44.7. The third-order valence-corrected chi connectivity index (χ3v) is 15.9. The van der Waals surface area contributed by atoms with Crippen molar-refractivity contribution in [3.63, 3.8) is 0 Å². The number of nitrogens with zero attached hydrogens (tertiary/aromatic N) is 8. The zero-order valence-corrected chi connectivity index (χ0v) is 54.0. The van der Waals surface area contributed by atoms with Gasteiger partial charge in [-0.3, -0.25) is 42.9 Å². The lowest BCUT2D eigenvalue weighted by Gasteiger charge is -2.37. The summed E-state index contributed by atoms with van der Waals surface area (Å²) in [6.45, 7) is 10.4. The Bertz CT molecular complexity index is 3910. The SMILES string of the molecule is CCCCc1nc2c([nH]1)c(N)nc1ccc(N3CCN(C(=O)[C@@H](N)CS(=O)(=O)O)CC3)cc12.CCCCc1nc2c([nH]1)c(N)nc1ccc(N3CCN(C(=O)[C@H](C)NC(=O)CCOCCC(=O)O)CC3)cc12.O=C(O)CCOCCC(=O)OC1C(=O)CCC1=O.O=S(=O)=O. The zero-order valence-electron chi connectivity index (χ0n) is 52.4. The van der Waals surface area contributed by atoms with Crippen molar-refractivity contribution < 1.29 is 88.4 Å². The van der Waals surface area contributed by atoms with Crippen LogP contribution in [-0.4, -0.2) is 225 Å². The van der Waals surface area contributed by atoms with Crippen molar-refractivity contribution in [2.24, 2.45) is 5.73 Å². The van der Waals surface area contributed by atoms with Crippen LogP contribution in [0.4, 0.5) is 23.0 Å². The topological polar surface area (TPSA) is 496 Å². The molecule has 1 aliphatic carbocycles. The van der Waals surface area contributed by atoms with E-state index in [1.807, 2.05) is 30.3 Å². The van der Waals surface area contributed by atoms with E-state index in [0.29, 0.717) is 64.0 Å². The number of rotatable bonds is 26. The summed E-state index contributed by atoms with van der Waals surface area (Å²) in [5.41, 5.74) is 24.7. The van der Waals surface area contributed by atoms with Crippen LogP contribution in [0.3, 0.4) is 0 Å². The molecule has 2 atom stereocenters. The second kappa shape index (κ2) is 35.3. The molecule has 9 rings (SSSR count). The van der Waals surface area contributed by atoms with E-state index >= 15 is 0 Å². The number of aryl methyl sites for hydroxylation is 2. The number of carbonyl (C=O) groups is 8. The third kappa shape index (κ3) is 22.1. The number of H-pyrrole nitrogens is 2. The van der Waals surface area contributed by atoms with Crippen molar-refractivity contribution in [3.05, 3.63) is 48.0 Å². The number of nitrogen functional groups attached to an aromatic ring is 2. The first-order valence-corrected chi connectivity index (χ1v) is 33.1. The molecule has 6 heterocycles. The Kier molecular flexibility index (Phi) is 27.8. The number of ether oxygens (including phenoxy) is 3. The number of hydrogen-bond donors (Lipinski definition) is 9. The van der Waals surface area contributed by atoms with Gasteiger partial charge in [-0.2, -0.15) is 8.42 Å². The summed E-state index contributed by atoms with van der Waals surface area (Å²) >= 11 is 0. The molecule has 2 saturated heterocycles. The molecular formula is C59H80N14O19S2. The number of aliphatic carboxylic acids is 2. The molecule has 4 aromatic heterocycles. The summed E-state index contributed by atoms with van der Waals surface area (Å²) in [6, 6.07) is 10.1. The van der Waals surface area contributed by atoms with Gasteiger partial charge in [0.2, 0.25) is 23.8 Å². The molecule has 0 radical (unpaired) electrons. The molecule has 12 N–H and O–H groups in total. The number of piperazine rings is 2. The second-order valence-corrected chi connectivity index (χ2v) is 24.1. The normalized spacial score (nSPS) is 15.0. The van der Waals surface area contributed by atoms with Gasteiger partial charge in [-0.05, 0) is 56.2 Å². The molecule has 3 amide bonds. The average Bonchev–Trinajstić information content (AvgIpc) is 1.53. The van der Waals surface area contributed by atoms with Gasteiger partial charge in [0, 0.05) is 107 Å². The Morgan fingerprint density at radius 1 is 0.660 bits per heavy atom. The first-order valence-electron chi connectivity index (χ1n) is 30.5. The number of carbonyl (C=O) groups excluding carboxylic acids is 6. The smallest absolute Gasteiger partial charge is 0.425 e. The van der Waals surface area contributed by atoms with E-state index in [0.717, 1.165) is 105 Å². The lowest BCUT2D eigenvalue weighted by atomic mass is 10.1. The number of ketones is 2. The molecule has 0 bridgehead atoms. The summed E-state index contributed by atoms with van der Waals surface area (Å²) in [4.78, 5) is 125. The van der Waals surface area contributed by atoms with Crippen molar-refractivity contribution in [1.29, 1.82) is 0 Å². The Morgan fingerprint density at radius 2 is 1.07 bits per heavy atom. The van der Waals surface area contributed by atoms with Crippen LogP contribution in [-0.2, 0) is 86.1 Å². The van der Waals surface area contributed by atoms with Crippen molar-refractivity contribution in [2.75, 3.05) is 106 Å². The maximum Gasteiger partial charge on any atom is 0.425 e. The number of pyridine rings is 2. The summed E-state index contributed by atoms with van der Waals surface area (Å²) in [5.74, 6) is -2.41. The Labute approximate surface area is 541 Å². The van der Waals surface area contributed by atoms with Crippen LogP contribution < -0.4 is 32.3 Å². The number of aromatic amines is 2. The number of carboxylic acid groups (broad SMARTS) is 2. The fraction of sp³-hybridized carbons (Fsp3) is 0.525. The molecule has 512 valence electrons. The second-order valence-electron chi connectivity index (χ2n) is 22.2. The molecule has 3 aliphatic rings. The van der Waals surface area contributed by atoms with Crippen LogP contribution in [0.1, 0.15) is 96.6 Å². The molecule has 6 aromatic rings. The molecule has 33 nitrogen and oxygen atoms in total. The summed E-state index contributed by atoms with van der Waals surface area (Å²) in [7, 11) is -7.42. The summed E-state index contributed by atoms with van der Waals surface area (Å²) < 4.78 is 71.1. The number of benzene rings is 2. The van der Waals surface area contributed by atoms with Gasteiger partial charge < -0.3 is 76.5 Å². The predicted molar refractivity (Wildman–Crippen MR) is 343 cm³/mol. The van der Waals surface area contributed by atoms with Gasteiger partial charge in [-0.1, -0.05) is 26.7 Å². The van der Waals surface area contributed by atoms with Gasteiger partial charge in [-0.15, -0.1) is 12.6 Å². The number of unbranched alkanes of at least 4 members (excludes halogenated alkanes) is 2. The molecule has 2 aromatic carbocycles. The highest BCUT2D eigenvalue weighted by atomic mass is 32.2. The van der Waals surface area contributed by atoms with Gasteiger partial charge in [0.1, 0.15) is 57.4 Å². The molecular weight excluding hydrogens is 1270 g/mol. The van der Waals surface area contributed by atoms with Gasteiger partial charge in [0.25, 0.3) is 10.1 Å². The van der Waals surface area contributed by atoms with E-state index in [2.05, 4.69) is 55.0 Å². The molecule has 94 heavy (non-hydrogen) atoms. The van der Waals surface area contributed by atoms with Crippen LogP contribution in [0.25, 0.3) is 43.9 Å². The monoisotopic (exact) mass is 1350 g/mol. The number of fused-ring (bicyclic) bond motifs is 6. The number of Topliss-reactive ketones (excluding diaryl/α,β-unsaturated/α-hetero) is 2. The van der Waals surface area contributed by atoms with Crippen LogP contribution in [0.2, 0.25) is 0 Å². The largest absolute Gasteiger partial charge is 0.481 e. The van der Waals surface area contributed by atoms with Crippen LogP contribution in [0.15, 0.2) is 36.4 Å². The van der Waals surface area contributed by atoms with Crippen molar-refractivity contribution >= 4 is 135 Å². The van der Waals surface area contributed by atoms with Crippen molar-refractivity contribution in [1.82, 2.24) is 45.0 Å². The van der Waals surface area contributed by atoms with E-state index in [4.69, 9.17) is 68.8 Å². The fourth-order valence-electron chi connectivity index (χ4n) is 10.3. The zero-order chi connectivity index (χ0) is 68.8. The number of esters is 1. The first kappa shape index (κ1) is 74.0. The number of nitrogens with two attached hydrogens (primary N) is 3. The van der Waals surface area contributed by atoms with Crippen LogP contribution in [0, 0.1) is 0 Å². The van der Waals surface area contributed by atoms with Gasteiger partial charge >= 0.3 is 28.5 Å². The average molecular weight is 1350 g/mol. The number of amides is 3. The van der Waals surface area contributed by atoms with E-state index in [-0.39, 0.29) is 88.3 Å². The maximum atomic E-state index is 12.9. The number of aromatic nitrogens is 6. The number of hydrogen-bond acceptors (Lipinski definition) is 25. The molecule has 35 heteroatoms. The highest BCUT2D eigenvalue weighted by molar-refractivity contribution is 7.85. The molecule has 0 spiro atoms. The number of imidazole rings is 2. The number of anilines is 4. The highest BCUT2D eigenvalue weighted by Gasteiger charge is 2.36. The quantitative estimate of drug-likeness (QED) is 0.0161. The Hall–Kier alpha value is -9.03. The molecule has 0 unspecified atom stereocenters. The van der Waals surface area contributed by atoms with Crippen molar-refractivity contribution in [2.45, 2.75) is 116 Å². The Morgan fingerprint density at radius 3 is 1.49 bits per heavy atom. The van der Waals surface area contributed by atoms with Gasteiger partial charge in [0.15, 0.2) is 11.6 Å². The fourth-order valence-corrected chi connectivity index (χ4v) is 10.9. The highest BCUT2D eigenvalue weighted by Crippen LogP contribution is 2.32. The van der Waals surface area contributed by atoms with Gasteiger partial charge in [0.05, 0.1) is 62.5 Å². The van der Waals surface area contributed by atoms with Crippen LogP contribution >= 0.6 is 0 Å². The lowest BCUT2D eigenvalue weighted by Crippen LogP contribution is -2.54. The van der Waals surface area contributed by atoms with E-state index in [1.165, 1.54) is 4.90 Å². The number of carboxylic acids is 2. The summed E-state index contributed by atoms with van der Waals surface area (Å²) in [5, 5.41) is 21.5. The molecule has 3 fully saturated rings. The minimum absolute atomic E-state index is 0.00120. The van der Waals surface area contributed by atoms with E-state index < -0.39 is 68.5 Å². The standard InChI is InChI=1S/C27H37N7O5.C21H29N7O4S.C11H14O7.O3S/c1-3-4-5-21-31-24-19-16-18(6-7-20(19)30-26(28)25(24)32-21)33-10-12-34(13-11-33)27(38)17(2)29-22(35)8-14-39-15-9-23(36)37;1-2-3-4-17-25-18-14-11-13(5-6-16(14)24-20(23)19(18)26-17)27-7-9-28(10-8-27)21(29)15(22)12-33(30,31)32;12-7-1-2-8(13)11(7)18-10(16)4-6-17-5-3-9(14)15;1-4(2)3/h6-7,16-17H,3-5,8-15H2,1-2H3,(H2,28,30)(H,29,35)(H,31,32)(H,36,37);5-6,11,15H,2-4,7-10,12,22H2,1H3,(H2,23,24)(H,25,26)(H,30,31,32);11H,1-6H2,(H,14,15);/t17-;15-;;/m00../s1. The predicted octanol–water partition coefficient (Wildman–Crippen LogP) is 1.68. The van der Waals surface area contributed by atoms with E-state index in [1.54, 1.807) is 11.8 Å². The third-order valence-electron chi connectivity index (χ3n) is 15.2.